The van der Waals surface area contributed by atoms with Crippen molar-refractivity contribution in [2.75, 3.05) is 19.0 Å². The third-order valence-electron chi connectivity index (χ3n) is 3.51. The fourth-order valence-corrected chi connectivity index (χ4v) is 2.53. The number of nitrogens with zero attached hydrogens (tertiary/aromatic N) is 1. The maximum atomic E-state index is 13.0. The normalized spacial score (nSPS) is 19.8. The third-order valence-corrected chi connectivity index (χ3v) is 3.68. The summed E-state index contributed by atoms with van der Waals surface area (Å²) in [4.78, 5) is 14.0. The van der Waals surface area contributed by atoms with Crippen LogP contribution < -0.4 is 0 Å². The van der Waals surface area contributed by atoms with Crippen LogP contribution in [0.2, 0.25) is 0 Å². The third kappa shape index (κ3) is 4.71. The molecular formula is C13H22ClF2NO. The second-order valence-corrected chi connectivity index (χ2v) is 5.38. The number of halogens is 3. The zero-order chi connectivity index (χ0) is 13.6. The maximum Gasteiger partial charge on any atom is 0.248 e. The van der Waals surface area contributed by atoms with Gasteiger partial charge >= 0.3 is 0 Å². The van der Waals surface area contributed by atoms with Gasteiger partial charge in [0.05, 0.1) is 0 Å². The first-order valence-electron chi connectivity index (χ1n) is 6.72. The molecule has 1 saturated carbocycles. The van der Waals surface area contributed by atoms with Gasteiger partial charge in [0.1, 0.15) is 0 Å². The Kier molecular flexibility index (Phi) is 6.33. The van der Waals surface area contributed by atoms with Crippen molar-refractivity contribution in [3.05, 3.63) is 0 Å². The Morgan fingerprint density at radius 3 is 2.44 bits per heavy atom. The van der Waals surface area contributed by atoms with Crippen LogP contribution in [0.25, 0.3) is 0 Å². The molecule has 1 rings (SSSR count). The molecular weight excluding hydrogens is 260 g/mol. The van der Waals surface area contributed by atoms with Crippen molar-refractivity contribution < 1.29 is 13.6 Å². The molecule has 18 heavy (non-hydrogen) atoms. The minimum absolute atomic E-state index is 0.0135. The Morgan fingerprint density at radius 1 is 1.33 bits per heavy atom. The van der Waals surface area contributed by atoms with Crippen LogP contribution in [-0.2, 0) is 4.79 Å². The Balaban J connectivity index is 2.50. The van der Waals surface area contributed by atoms with Crippen LogP contribution in [0.3, 0.4) is 0 Å². The molecule has 0 N–H and O–H groups in total. The van der Waals surface area contributed by atoms with E-state index in [0.717, 1.165) is 12.8 Å². The molecule has 0 atom stereocenters. The topological polar surface area (TPSA) is 20.3 Å². The van der Waals surface area contributed by atoms with E-state index in [-0.39, 0.29) is 24.7 Å². The predicted molar refractivity (Wildman–Crippen MR) is 69.1 cm³/mol. The van der Waals surface area contributed by atoms with Gasteiger partial charge in [-0.15, -0.1) is 11.6 Å². The van der Waals surface area contributed by atoms with E-state index in [2.05, 4.69) is 6.92 Å². The lowest BCUT2D eigenvalue weighted by atomic mass is 9.86. The summed E-state index contributed by atoms with van der Waals surface area (Å²) in [7, 11) is 0. The van der Waals surface area contributed by atoms with Crippen LogP contribution in [0.4, 0.5) is 8.78 Å². The minimum atomic E-state index is -2.57. The number of unbranched alkanes of at least 4 members (excludes halogenated alkanes) is 1. The zero-order valence-electron chi connectivity index (χ0n) is 10.9. The van der Waals surface area contributed by atoms with Gasteiger partial charge in [-0.2, -0.15) is 0 Å². The molecule has 0 spiro atoms. The molecule has 1 aliphatic carbocycles. The molecule has 0 aromatic rings. The summed E-state index contributed by atoms with van der Waals surface area (Å²) in [6.07, 6.45) is 2.23. The molecule has 0 heterocycles. The van der Waals surface area contributed by atoms with E-state index in [1.54, 1.807) is 4.90 Å². The van der Waals surface area contributed by atoms with Crippen LogP contribution in [-0.4, -0.2) is 35.7 Å². The first-order valence-corrected chi connectivity index (χ1v) is 7.26. The van der Waals surface area contributed by atoms with Gasteiger partial charge < -0.3 is 4.90 Å². The molecule has 0 aromatic carbocycles. The van der Waals surface area contributed by atoms with Gasteiger partial charge in [0.2, 0.25) is 11.8 Å². The Hall–Kier alpha value is -0.380. The lowest BCUT2D eigenvalue weighted by Gasteiger charge is -2.31. The standard InChI is InChI=1S/C13H22ClF2NO/c1-2-3-9-17(10-8-14)12(18)11-4-6-13(15,16)7-5-11/h11H,2-10H2,1H3. The Morgan fingerprint density at radius 2 is 1.94 bits per heavy atom. The van der Waals surface area contributed by atoms with E-state index in [0.29, 0.717) is 31.8 Å². The highest BCUT2D eigenvalue weighted by molar-refractivity contribution is 6.18. The molecule has 0 unspecified atom stereocenters. The summed E-state index contributed by atoms with van der Waals surface area (Å²) in [6, 6.07) is 0. The number of amides is 1. The number of rotatable bonds is 6. The Bertz CT molecular complexity index is 264. The quantitative estimate of drug-likeness (QED) is 0.680. The molecule has 1 amide bonds. The van der Waals surface area contributed by atoms with E-state index < -0.39 is 5.92 Å². The first-order chi connectivity index (χ1) is 8.50. The Labute approximate surface area is 113 Å². The van der Waals surface area contributed by atoms with Gasteiger partial charge in [-0.25, -0.2) is 8.78 Å². The predicted octanol–water partition coefficient (Wildman–Crippen LogP) is 3.68. The molecule has 1 fully saturated rings. The maximum absolute atomic E-state index is 13.0. The molecule has 2 nitrogen and oxygen atoms in total. The summed E-state index contributed by atoms with van der Waals surface area (Å²) in [5, 5.41) is 0. The van der Waals surface area contributed by atoms with Gasteiger partial charge in [0.15, 0.2) is 0 Å². The number of carbonyl (C=O) groups is 1. The van der Waals surface area contributed by atoms with Crippen LogP contribution in [0.15, 0.2) is 0 Å². The van der Waals surface area contributed by atoms with Crippen molar-refractivity contribution in [2.45, 2.75) is 51.4 Å². The summed E-state index contributed by atoms with van der Waals surface area (Å²) < 4.78 is 26.1. The zero-order valence-corrected chi connectivity index (χ0v) is 11.7. The largest absolute Gasteiger partial charge is 0.341 e. The van der Waals surface area contributed by atoms with Crippen LogP contribution in [0, 0.1) is 5.92 Å². The average Bonchev–Trinajstić information content (AvgIpc) is 2.33. The van der Waals surface area contributed by atoms with E-state index in [1.165, 1.54) is 0 Å². The second-order valence-electron chi connectivity index (χ2n) is 5.00. The van der Waals surface area contributed by atoms with E-state index >= 15 is 0 Å². The van der Waals surface area contributed by atoms with Crippen LogP contribution in [0.5, 0.6) is 0 Å². The van der Waals surface area contributed by atoms with Crippen LogP contribution in [0.1, 0.15) is 45.4 Å². The van der Waals surface area contributed by atoms with Gasteiger partial charge in [0.25, 0.3) is 0 Å². The van der Waals surface area contributed by atoms with Crippen molar-refractivity contribution in [3.63, 3.8) is 0 Å². The smallest absolute Gasteiger partial charge is 0.248 e. The summed E-state index contributed by atoms with van der Waals surface area (Å²) in [6.45, 7) is 3.27. The first kappa shape index (κ1) is 15.7. The number of alkyl halides is 3. The minimum Gasteiger partial charge on any atom is -0.341 e. The summed E-state index contributed by atoms with van der Waals surface area (Å²) in [5.74, 6) is -2.39. The van der Waals surface area contributed by atoms with E-state index in [1.807, 2.05) is 0 Å². The highest BCUT2D eigenvalue weighted by atomic mass is 35.5. The molecule has 0 aliphatic heterocycles. The molecule has 5 heteroatoms. The monoisotopic (exact) mass is 281 g/mol. The lowest BCUT2D eigenvalue weighted by Crippen LogP contribution is -2.40. The molecule has 106 valence electrons. The molecule has 0 bridgehead atoms. The molecule has 1 aliphatic rings. The van der Waals surface area contributed by atoms with Crippen molar-refractivity contribution in [1.82, 2.24) is 4.90 Å². The van der Waals surface area contributed by atoms with Crippen molar-refractivity contribution in [2.24, 2.45) is 5.92 Å². The number of hydrogen-bond donors (Lipinski definition) is 0. The summed E-state index contributed by atoms with van der Waals surface area (Å²) in [5.41, 5.74) is 0. The van der Waals surface area contributed by atoms with Gasteiger partial charge in [0, 0.05) is 37.7 Å². The summed E-state index contributed by atoms with van der Waals surface area (Å²) >= 11 is 5.69. The molecule has 0 aromatic heterocycles. The van der Waals surface area contributed by atoms with Crippen molar-refractivity contribution >= 4 is 17.5 Å². The molecule has 0 radical (unpaired) electrons. The van der Waals surface area contributed by atoms with E-state index in [4.69, 9.17) is 11.6 Å². The van der Waals surface area contributed by atoms with Gasteiger partial charge in [-0.1, -0.05) is 13.3 Å². The fourth-order valence-electron chi connectivity index (χ4n) is 2.33. The van der Waals surface area contributed by atoms with Crippen LogP contribution >= 0.6 is 11.6 Å². The second kappa shape index (κ2) is 7.27. The lowest BCUT2D eigenvalue weighted by molar-refractivity contribution is -0.139. The van der Waals surface area contributed by atoms with Gasteiger partial charge in [-0.3, -0.25) is 4.79 Å². The number of carbonyl (C=O) groups excluding carboxylic acids is 1. The van der Waals surface area contributed by atoms with E-state index in [9.17, 15) is 13.6 Å². The highest BCUT2D eigenvalue weighted by Crippen LogP contribution is 2.36. The fraction of sp³-hybridized carbons (Fsp3) is 0.923. The average molecular weight is 282 g/mol. The highest BCUT2D eigenvalue weighted by Gasteiger charge is 2.38. The van der Waals surface area contributed by atoms with Crippen molar-refractivity contribution in [1.29, 1.82) is 0 Å². The number of hydrogen-bond acceptors (Lipinski definition) is 1. The SMILES string of the molecule is CCCCN(CCCl)C(=O)C1CCC(F)(F)CC1. The van der Waals surface area contributed by atoms with Gasteiger partial charge in [-0.05, 0) is 19.3 Å². The molecule has 0 saturated heterocycles. The van der Waals surface area contributed by atoms with Crippen molar-refractivity contribution in [3.8, 4) is 0 Å².